The zero-order valence-corrected chi connectivity index (χ0v) is 12.2. The molecule has 2 unspecified atom stereocenters. The molecule has 2 atom stereocenters. The lowest BCUT2D eigenvalue weighted by Gasteiger charge is -2.51. The van der Waals surface area contributed by atoms with E-state index < -0.39 is 5.97 Å². The van der Waals surface area contributed by atoms with Crippen LogP contribution in [0.15, 0.2) is 23.0 Å². The second-order valence-corrected chi connectivity index (χ2v) is 6.10. The van der Waals surface area contributed by atoms with Crippen LogP contribution in [0, 0.1) is 5.41 Å². The van der Waals surface area contributed by atoms with Crippen molar-refractivity contribution >= 4 is 17.0 Å². The van der Waals surface area contributed by atoms with Gasteiger partial charge in [-0.1, -0.05) is 19.9 Å². The average Bonchev–Trinajstić information content (AvgIpc) is 2.74. The highest BCUT2D eigenvalue weighted by Crippen LogP contribution is 2.51. The van der Waals surface area contributed by atoms with Gasteiger partial charge in [-0.2, -0.15) is 0 Å². The lowest BCUT2D eigenvalue weighted by atomic mass is 9.64. The first kappa shape index (κ1) is 13.9. The topological polar surface area (TPSA) is 84.3 Å². The molecule has 21 heavy (non-hydrogen) atoms. The summed E-state index contributed by atoms with van der Waals surface area (Å²) in [5.74, 6) is -1.04. The Hall–Kier alpha value is -2.08. The highest BCUT2D eigenvalue weighted by atomic mass is 16.5. The maximum Gasteiger partial charge on any atom is 0.337 e. The van der Waals surface area contributed by atoms with Crippen LogP contribution in [0.3, 0.4) is 0 Å². The molecule has 6 heteroatoms. The molecule has 6 nitrogen and oxygen atoms in total. The van der Waals surface area contributed by atoms with Crippen LogP contribution in [0.1, 0.15) is 36.7 Å². The van der Waals surface area contributed by atoms with Gasteiger partial charge in [0.1, 0.15) is 0 Å². The van der Waals surface area contributed by atoms with E-state index >= 15 is 0 Å². The summed E-state index contributed by atoms with van der Waals surface area (Å²) in [4.78, 5) is 26.2. The number of hydrogen-bond donors (Lipinski definition) is 2. The van der Waals surface area contributed by atoms with Gasteiger partial charge in [0, 0.05) is 18.6 Å². The fourth-order valence-corrected chi connectivity index (χ4v) is 3.34. The largest absolute Gasteiger partial charge is 0.478 e. The quantitative estimate of drug-likeness (QED) is 0.905. The summed E-state index contributed by atoms with van der Waals surface area (Å²) < 4.78 is 7.09. The Bertz CT molecular complexity index is 772. The van der Waals surface area contributed by atoms with Crippen molar-refractivity contribution in [3.63, 3.8) is 0 Å². The Morgan fingerprint density at radius 1 is 1.48 bits per heavy atom. The van der Waals surface area contributed by atoms with Gasteiger partial charge >= 0.3 is 11.7 Å². The second-order valence-electron chi connectivity index (χ2n) is 6.10. The number of fused-ring (bicyclic) bond motifs is 1. The first-order chi connectivity index (χ1) is 9.87. The van der Waals surface area contributed by atoms with Gasteiger partial charge in [0.15, 0.2) is 0 Å². The number of hydrogen-bond acceptors (Lipinski definition) is 3. The molecule has 1 fully saturated rings. The SMILES string of the molecule is COC1CC(n2c(=O)[nH]c3c(C(=O)O)cccc32)C1(C)C. The van der Waals surface area contributed by atoms with Crippen molar-refractivity contribution in [2.45, 2.75) is 32.4 Å². The number of methoxy groups -OCH3 is 1. The second kappa shape index (κ2) is 4.46. The van der Waals surface area contributed by atoms with Gasteiger partial charge in [0.05, 0.1) is 22.7 Å². The standard InChI is InChI=1S/C15H18N2O4/c1-15(2)10(7-11(15)21-3)17-9-6-4-5-8(13(18)19)12(9)16-14(17)20/h4-6,10-11H,7H2,1-3H3,(H,16,20)(H,18,19). The van der Waals surface area contributed by atoms with Gasteiger partial charge in [-0.3, -0.25) is 4.57 Å². The van der Waals surface area contributed by atoms with Crippen LogP contribution in [0.2, 0.25) is 0 Å². The van der Waals surface area contributed by atoms with Crippen molar-refractivity contribution < 1.29 is 14.6 Å². The van der Waals surface area contributed by atoms with Crippen LogP contribution in [0.25, 0.3) is 11.0 Å². The molecule has 0 aliphatic heterocycles. The number of aromatic carboxylic acids is 1. The number of benzene rings is 1. The van der Waals surface area contributed by atoms with Gasteiger partial charge < -0.3 is 14.8 Å². The zero-order valence-electron chi connectivity index (χ0n) is 12.2. The third-order valence-electron chi connectivity index (χ3n) is 4.71. The maximum atomic E-state index is 12.3. The number of carboxylic acid groups (broad SMARTS) is 1. The molecule has 2 N–H and O–H groups in total. The van der Waals surface area contributed by atoms with Gasteiger partial charge in [-0.15, -0.1) is 0 Å². The van der Waals surface area contributed by atoms with E-state index in [9.17, 15) is 14.7 Å². The summed E-state index contributed by atoms with van der Waals surface area (Å²) in [6.07, 6.45) is 0.843. The molecule has 2 aromatic rings. The van der Waals surface area contributed by atoms with E-state index in [1.54, 1.807) is 23.8 Å². The van der Waals surface area contributed by atoms with Crippen LogP contribution in [0.4, 0.5) is 0 Å². The Morgan fingerprint density at radius 3 is 2.76 bits per heavy atom. The Labute approximate surface area is 121 Å². The minimum atomic E-state index is -1.04. The molecule has 112 valence electrons. The van der Waals surface area contributed by atoms with E-state index in [1.165, 1.54) is 6.07 Å². The van der Waals surface area contributed by atoms with Crippen molar-refractivity contribution in [2.24, 2.45) is 5.41 Å². The number of aromatic amines is 1. The van der Waals surface area contributed by atoms with E-state index in [1.807, 2.05) is 0 Å². The summed E-state index contributed by atoms with van der Waals surface area (Å²) in [5, 5.41) is 9.22. The molecule has 0 bridgehead atoms. The molecule has 1 aromatic carbocycles. The molecular formula is C15H18N2O4. The number of imidazole rings is 1. The summed E-state index contributed by atoms with van der Waals surface area (Å²) in [5.41, 5.74) is 0.682. The third kappa shape index (κ3) is 1.82. The lowest BCUT2D eigenvalue weighted by Crippen LogP contribution is -2.52. The van der Waals surface area contributed by atoms with Crippen molar-refractivity contribution in [3.05, 3.63) is 34.2 Å². The molecule has 1 aromatic heterocycles. The molecule has 0 spiro atoms. The minimum Gasteiger partial charge on any atom is -0.478 e. The predicted molar refractivity (Wildman–Crippen MR) is 77.8 cm³/mol. The Balaban J connectivity index is 2.17. The summed E-state index contributed by atoms with van der Waals surface area (Å²) in [6, 6.07) is 4.92. The Morgan fingerprint density at radius 2 is 2.19 bits per heavy atom. The smallest absolute Gasteiger partial charge is 0.337 e. The maximum absolute atomic E-state index is 12.3. The lowest BCUT2D eigenvalue weighted by molar-refractivity contribution is -0.112. The average molecular weight is 290 g/mol. The molecule has 1 saturated carbocycles. The van der Waals surface area contributed by atoms with Crippen molar-refractivity contribution in [1.29, 1.82) is 0 Å². The fourth-order valence-electron chi connectivity index (χ4n) is 3.34. The summed E-state index contributed by atoms with van der Waals surface area (Å²) in [7, 11) is 1.67. The molecule has 1 aliphatic carbocycles. The first-order valence-electron chi connectivity index (χ1n) is 6.87. The van der Waals surface area contributed by atoms with Crippen LogP contribution >= 0.6 is 0 Å². The summed E-state index contributed by atoms with van der Waals surface area (Å²) in [6.45, 7) is 4.11. The summed E-state index contributed by atoms with van der Waals surface area (Å²) >= 11 is 0. The van der Waals surface area contributed by atoms with E-state index in [4.69, 9.17) is 4.74 Å². The monoisotopic (exact) mass is 290 g/mol. The van der Waals surface area contributed by atoms with Crippen molar-refractivity contribution in [1.82, 2.24) is 9.55 Å². The van der Waals surface area contributed by atoms with Gasteiger partial charge in [0.25, 0.3) is 0 Å². The predicted octanol–water partition coefficient (Wildman–Crippen LogP) is 2.01. The minimum absolute atomic E-state index is 0.00672. The number of carboxylic acids is 1. The third-order valence-corrected chi connectivity index (χ3v) is 4.71. The number of para-hydroxylation sites is 1. The fraction of sp³-hybridized carbons (Fsp3) is 0.467. The highest BCUT2D eigenvalue weighted by Gasteiger charge is 2.50. The zero-order chi connectivity index (χ0) is 15.4. The number of rotatable bonds is 3. The van der Waals surface area contributed by atoms with Gasteiger partial charge in [-0.25, -0.2) is 9.59 Å². The number of carbonyl (C=O) groups is 1. The van der Waals surface area contributed by atoms with Crippen LogP contribution in [-0.4, -0.2) is 33.8 Å². The van der Waals surface area contributed by atoms with Crippen molar-refractivity contribution in [2.75, 3.05) is 7.11 Å². The molecular weight excluding hydrogens is 272 g/mol. The van der Waals surface area contributed by atoms with Gasteiger partial charge in [0.2, 0.25) is 0 Å². The van der Waals surface area contributed by atoms with E-state index in [0.717, 1.165) is 6.42 Å². The number of H-pyrrole nitrogens is 1. The first-order valence-corrected chi connectivity index (χ1v) is 6.87. The van der Waals surface area contributed by atoms with Crippen LogP contribution < -0.4 is 5.69 Å². The number of ether oxygens (including phenoxy) is 1. The van der Waals surface area contributed by atoms with Crippen molar-refractivity contribution in [3.8, 4) is 0 Å². The highest BCUT2D eigenvalue weighted by molar-refractivity contribution is 6.00. The number of nitrogens with zero attached hydrogens (tertiary/aromatic N) is 1. The van der Waals surface area contributed by atoms with Gasteiger partial charge in [-0.05, 0) is 18.6 Å². The Kier molecular flexibility index (Phi) is 2.95. The van der Waals surface area contributed by atoms with E-state index in [-0.39, 0.29) is 28.8 Å². The number of aromatic nitrogens is 2. The van der Waals surface area contributed by atoms with E-state index in [0.29, 0.717) is 11.0 Å². The molecule has 1 heterocycles. The normalized spacial score (nSPS) is 24.0. The number of nitrogens with one attached hydrogen (secondary N) is 1. The molecule has 1 aliphatic rings. The van der Waals surface area contributed by atoms with Crippen LogP contribution in [-0.2, 0) is 4.74 Å². The molecule has 0 saturated heterocycles. The molecule has 0 radical (unpaired) electrons. The van der Waals surface area contributed by atoms with E-state index in [2.05, 4.69) is 18.8 Å². The van der Waals surface area contributed by atoms with Crippen LogP contribution in [0.5, 0.6) is 0 Å². The molecule has 3 rings (SSSR count). The molecule has 0 amide bonds.